The summed E-state index contributed by atoms with van der Waals surface area (Å²) in [5.41, 5.74) is 2.17. The number of aromatic nitrogens is 1. The summed E-state index contributed by atoms with van der Waals surface area (Å²) in [5, 5.41) is 10.2. The molecule has 1 aliphatic rings. The van der Waals surface area contributed by atoms with Gasteiger partial charge >= 0.3 is 0 Å². The lowest BCUT2D eigenvalue weighted by Gasteiger charge is -2.34. The molecule has 1 fully saturated rings. The molecule has 0 atom stereocenters. The first kappa shape index (κ1) is 12.4. The summed E-state index contributed by atoms with van der Waals surface area (Å²) in [6, 6.07) is 9.88. The van der Waals surface area contributed by atoms with E-state index in [0.717, 1.165) is 23.1 Å². The second-order valence-electron chi connectivity index (χ2n) is 4.89. The maximum Gasteiger partial charge on any atom is 0.241 e. The number of hydrogen-bond acceptors (Lipinski definition) is 4. The maximum absolute atomic E-state index is 11.9. The fraction of sp³-hybridized carbons (Fsp3) is 0.267. The number of nitriles is 1. The van der Waals surface area contributed by atoms with Crippen LogP contribution in [-0.4, -0.2) is 42.5 Å². The largest absolute Gasteiger partial charge is 0.359 e. The number of rotatable bonds is 1. The van der Waals surface area contributed by atoms with Gasteiger partial charge in [0.2, 0.25) is 5.91 Å². The van der Waals surface area contributed by atoms with Crippen LogP contribution in [0, 0.1) is 11.3 Å². The Labute approximate surface area is 117 Å². The molecule has 0 N–H and O–H groups in total. The van der Waals surface area contributed by atoms with Crippen molar-refractivity contribution in [2.24, 2.45) is 0 Å². The SMILES string of the molecule is CN1CCN(c2c(C#N)cnc3ccccc23)CC1=O. The molecule has 5 nitrogen and oxygen atoms in total. The number of carbonyl (C=O) groups is 1. The van der Waals surface area contributed by atoms with Gasteiger partial charge in [0.05, 0.1) is 23.3 Å². The molecule has 1 aliphatic heterocycles. The summed E-state index contributed by atoms with van der Waals surface area (Å²) in [6.07, 6.45) is 1.58. The third kappa shape index (κ3) is 1.95. The normalized spacial score (nSPS) is 15.5. The number of amides is 1. The molecule has 0 unspecified atom stereocenters. The van der Waals surface area contributed by atoms with Crippen LogP contribution in [0.25, 0.3) is 10.9 Å². The molecule has 0 aliphatic carbocycles. The highest BCUT2D eigenvalue weighted by Crippen LogP contribution is 2.29. The molecule has 2 heterocycles. The van der Waals surface area contributed by atoms with E-state index in [1.807, 2.05) is 29.2 Å². The van der Waals surface area contributed by atoms with Gasteiger partial charge in [-0.2, -0.15) is 5.26 Å². The fourth-order valence-corrected chi connectivity index (χ4v) is 2.50. The summed E-state index contributed by atoms with van der Waals surface area (Å²) in [7, 11) is 1.80. The minimum atomic E-state index is 0.0704. The van der Waals surface area contributed by atoms with E-state index in [1.165, 1.54) is 0 Å². The van der Waals surface area contributed by atoms with Crippen molar-refractivity contribution in [1.82, 2.24) is 9.88 Å². The van der Waals surface area contributed by atoms with Crippen LogP contribution in [-0.2, 0) is 4.79 Å². The number of carbonyl (C=O) groups excluding carboxylic acids is 1. The quantitative estimate of drug-likeness (QED) is 0.782. The van der Waals surface area contributed by atoms with Crippen molar-refractivity contribution in [3.8, 4) is 6.07 Å². The van der Waals surface area contributed by atoms with Gasteiger partial charge in [-0.15, -0.1) is 0 Å². The molecule has 3 rings (SSSR count). The first-order valence-electron chi connectivity index (χ1n) is 6.47. The van der Waals surface area contributed by atoms with E-state index in [0.29, 0.717) is 18.7 Å². The van der Waals surface area contributed by atoms with E-state index in [9.17, 15) is 10.1 Å². The van der Waals surface area contributed by atoms with Crippen LogP contribution in [0.5, 0.6) is 0 Å². The molecule has 1 aromatic heterocycles. The van der Waals surface area contributed by atoms with E-state index < -0.39 is 0 Å². The van der Waals surface area contributed by atoms with E-state index >= 15 is 0 Å². The highest BCUT2D eigenvalue weighted by atomic mass is 16.2. The molecule has 20 heavy (non-hydrogen) atoms. The van der Waals surface area contributed by atoms with Gasteiger partial charge in [-0.3, -0.25) is 9.78 Å². The minimum absolute atomic E-state index is 0.0704. The molecule has 100 valence electrons. The molecule has 1 saturated heterocycles. The first-order chi connectivity index (χ1) is 9.70. The van der Waals surface area contributed by atoms with Crippen LogP contribution in [0.3, 0.4) is 0 Å². The number of pyridine rings is 1. The second-order valence-corrected chi connectivity index (χ2v) is 4.89. The Kier molecular flexibility index (Phi) is 2.99. The average molecular weight is 266 g/mol. The zero-order chi connectivity index (χ0) is 14.1. The Morgan fingerprint density at radius 2 is 2.10 bits per heavy atom. The molecule has 0 saturated carbocycles. The van der Waals surface area contributed by atoms with Crippen molar-refractivity contribution in [3.63, 3.8) is 0 Å². The van der Waals surface area contributed by atoms with Crippen molar-refractivity contribution >= 4 is 22.5 Å². The average Bonchev–Trinajstić information content (AvgIpc) is 2.49. The zero-order valence-electron chi connectivity index (χ0n) is 11.2. The van der Waals surface area contributed by atoms with Crippen LogP contribution >= 0.6 is 0 Å². The Balaban J connectivity index is 2.14. The number of piperazine rings is 1. The van der Waals surface area contributed by atoms with E-state index in [-0.39, 0.29) is 5.91 Å². The topological polar surface area (TPSA) is 60.2 Å². The van der Waals surface area contributed by atoms with Gasteiger partial charge in [-0.05, 0) is 6.07 Å². The van der Waals surface area contributed by atoms with Crippen molar-refractivity contribution in [1.29, 1.82) is 5.26 Å². The summed E-state index contributed by atoms with van der Waals surface area (Å²) in [4.78, 5) is 19.9. The molecule has 0 radical (unpaired) electrons. The van der Waals surface area contributed by atoms with Gasteiger partial charge in [-0.25, -0.2) is 0 Å². The number of benzene rings is 1. The van der Waals surface area contributed by atoms with Crippen LogP contribution in [0.2, 0.25) is 0 Å². The predicted octanol–water partition coefficient (Wildman–Crippen LogP) is 1.38. The number of nitrogens with zero attached hydrogens (tertiary/aromatic N) is 4. The minimum Gasteiger partial charge on any atom is -0.359 e. The van der Waals surface area contributed by atoms with Gasteiger partial charge in [0.25, 0.3) is 0 Å². The van der Waals surface area contributed by atoms with E-state index in [2.05, 4.69) is 11.1 Å². The lowest BCUT2D eigenvalue weighted by Crippen LogP contribution is -2.48. The Bertz CT molecular complexity index is 719. The second kappa shape index (κ2) is 4.82. The lowest BCUT2D eigenvalue weighted by molar-refractivity contribution is -0.129. The Morgan fingerprint density at radius 3 is 2.85 bits per heavy atom. The standard InChI is InChI=1S/C15H14N4O/c1-18-6-7-19(10-14(18)20)15-11(8-16)9-17-13-5-3-2-4-12(13)15/h2-5,9H,6-7,10H2,1H3. The third-order valence-electron chi connectivity index (χ3n) is 3.64. The van der Waals surface area contributed by atoms with E-state index in [1.54, 1.807) is 18.1 Å². The summed E-state index contributed by atoms with van der Waals surface area (Å²) < 4.78 is 0. The summed E-state index contributed by atoms with van der Waals surface area (Å²) in [6.45, 7) is 1.70. The summed E-state index contributed by atoms with van der Waals surface area (Å²) >= 11 is 0. The van der Waals surface area contributed by atoms with E-state index in [4.69, 9.17) is 0 Å². The van der Waals surface area contributed by atoms with Crippen LogP contribution < -0.4 is 4.90 Å². The molecule has 0 bridgehead atoms. The molecule has 1 aromatic carbocycles. The Hall–Kier alpha value is -2.61. The van der Waals surface area contributed by atoms with Crippen LogP contribution in [0.4, 0.5) is 5.69 Å². The molecule has 0 spiro atoms. The molecular weight excluding hydrogens is 252 g/mol. The zero-order valence-corrected chi connectivity index (χ0v) is 11.2. The van der Waals surface area contributed by atoms with Gasteiger partial charge in [0, 0.05) is 31.7 Å². The molecular formula is C15H14N4O. The number of fused-ring (bicyclic) bond motifs is 1. The highest BCUT2D eigenvalue weighted by molar-refractivity contribution is 5.96. The first-order valence-corrected chi connectivity index (χ1v) is 6.47. The van der Waals surface area contributed by atoms with Gasteiger partial charge < -0.3 is 9.80 Å². The third-order valence-corrected chi connectivity index (χ3v) is 3.64. The number of anilines is 1. The Morgan fingerprint density at radius 1 is 1.30 bits per heavy atom. The molecule has 5 heteroatoms. The monoisotopic (exact) mass is 266 g/mol. The van der Waals surface area contributed by atoms with Gasteiger partial charge in [0.15, 0.2) is 0 Å². The number of para-hydroxylation sites is 1. The van der Waals surface area contributed by atoms with Gasteiger partial charge in [0.1, 0.15) is 6.07 Å². The smallest absolute Gasteiger partial charge is 0.241 e. The van der Waals surface area contributed by atoms with Crippen LogP contribution in [0.15, 0.2) is 30.5 Å². The van der Waals surface area contributed by atoms with Crippen LogP contribution in [0.1, 0.15) is 5.56 Å². The number of likely N-dealkylation sites (N-methyl/N-ethyl adjacent to an activating group) is 1. The lowest BCUT2D eigenvalue weighted by atomic mass is 10.1. The predicted molar refractivity (Wildman–Crippen MR) is 76.3 cm³/mol. The van der Waals surface area contributed by atoms with Crippen molar-refractivity contribution in [2.75, 3.05) is 31.6 Å². The highest BCUT2D eigenvalue weighted by Gasteiger charge is 2.24. The molecule has 1 amide bonds. The molecule has 2 aromatic rings. The van der Waals surface area contributed by atoms with Crippen molar-refractivity contribution < 1.29 is 4.79 Å². The maximum atomic E-state index is 11.9. The number of hydrogen-bond donors (Lipinski definition) is 0. The van der Waals surface area contributed by atoms with Crippen molar-refractivity contribution in [2.45, 2.75) is 0 Å². The van der Waals surface area contributed by atoms with Gasteiger partial charge in [-0.1, -0.05) is 18.2 Å². The summed E-state index contributed by atoms with van der Waals surface area (Å²) in [5.74, 6) is 0.0704. The van der Waals surface area contributed by atoms with Crippen molar-refractivity contribution in [3.05, 3.63) is 36.0 Å². The fourth-order valence-electron chi connectivity index (χ4n) is 2.50.